The number of likely N-dealkylation sites (N-methyl/N-ethyl adjacent to an activating group) is 1. The third kappa shape index (κ3) is 10.9. The average Bonchev–Trinajstić information content (AvgIpc) is 4.07. The molecular formula is C49H71IN10O10. The molecule has 0 aromatic carbocycles. The average molecular weight is 1090 g/mol. The zero-order valence-corrected chi connectivity index (χ0v) is 43.8. The number of carbonyl (C=O) groups is 4. The van der Waals surface area contributed by atoms with Crippen LogP contribution in [0.3, 0.4) is 0 Å². The van der Waals surface area contributed by atoms with E-state index < -0.39 is 87.4 Å². The molecule has 0 spiro atoms. The van der Waals surface area contributed by atoms with Crippen LogP contribution in [0.15, 0.2) is 43.2 Å². The van der Waals surface area contributed by atoms with Gasteiger partial charge in [-0.05, 0) is 95.1 Å². The summed E-state index contributed by atoms with van der Waals surface area (Å²) >= 11 is 1.94. The van der Waals surface area contributed by atoms with Gasteiger partial charge in [-0.3, -0.25) is 33.8 Å². The van der Waals surface area contributed by atoms with Crippen LogP contribution >= 0.6 is 22.6 Å². The van der Waals surface area contributed by atoms with Crippen LogP contribution in [0, 0.1) is 23.7 Å². The molecule has 5 aliphatic heterocycles. The summed E-state index contributed by atoms with van der Waals surface area (Å²) in [6.07, 6.45) is 7.18. The molecule has 5 aliphatic rings. The van der Waals surface area contributed by atoms with Gasteiger partial charge in [-0.25, -0.2) is 9.78 Å². The lowest BCUT2D eigenvalue weighted by Gasteiger charge is -2.54. The molecule has 3 aromatic heterocycles. The predicted molar refractivity (Wildman–Crippen MR) is 263 cm³/mol. The lowest BCUT2D eigenvalue weighted by Crippen LogP contribution is -2.71. The van der Waals surface area contributed by atoms with Crippen LogP contribution in [0.2, 0.25) is 0 Å². The number of alkyl halides is 1. The van der Waals surface area contributed by atoms with E-state index in [1.807, 2.05) is 77.3 Å². The number of methoxy groups -OCH3 is 1. The number of esters is 1. The molecule has 14 atom stereocenters. The van der Waals surface area contributed by atoms with Crippen molar-refractivity contribution in [3.63, 3.8) is 0 Å². The van der Waals surface area contributed by atoms with Crippen molar-refractivity contribution in [3.05, 3.63) is 48.9 Å². The number of carbonyl (C=O) groups excluding carboxylic acids is 4. The summed E-state index contributed by atoms with van der Waals surface area (Å²) in [4.78, 5) is 72.2. The minimum atomic E-state index is -1.39. The maximum absolute atomic E-state index is 15.1. The van der Waals surface area contributed by atoms with Gasteiger partial charge in [0, 0.05) is 114 Å². The first-order chi connectivity index (χ1) is 33.4. The summed E-state index contributed by atoms with van der Waals surface area (Å²) < 4.78 is 34.4. The zero-order valence-electron chi connectivity index (χ0n) is 41.7. The number of ketones is 2. The van der Waals surface area contributed by atoms with Crippen molar-refractivity contribution in [2.45, 2.75) is 145 Å². The Morgan fingerprint density at radius 1 is 1.04 bits per heavy atom. The summed E-state index contributed by atoms with van der Waals surface area (Å²) in [5.41, 5.74) is -0.165. The number of nitrogens with zero attached hydrogens (tertiary/aromatic N) is 9. The summed E-state index contributed by atoms with van der Waals surface area (Å²) in [5.74, 6) is -4.96. The summed E-state index contributed by atoms with van der Waals surface area (Å²) in [6, 6.07) is 2.20. The number of imidazole rings is 1. The number of hydrogen-bond donors (Lipinski definition) is 2. The second-order valence-electron chi connectivity index (χ2n) is 20.5. The number of amides is 1. The molecule has 21 heteroatoms. The van der Waals surface area contributed by atoms with Gasteiger partial charge >= 0.3 is 12.1 Å². The van der Waals surface area contributed by atoms with Gasteiger partial charge in [-0.1, -0.05) is 19.1 Å². The molecule has 8 rings (SSSR count). The number of nitrogens with one attached hydrogen (secondary N) is 1. The molecule has 1 unspecified atom stereocenters. The van der Waals surface area contributed by atoms with Gasteiger partial charge in [-0.2, -0.15) is 0 Å². The highest BCUT2D eigenvalue weighted by Gasteiger charge is 2.70. The molecule has 1 amide bonds. The molecule has 3 aromatic rings. The topological polar surface area (TPSA) is 218 Å². The molecule has 8 heterocycles. The number of hydrogen-bond acceptors (Lipinski definition) is 17. The summed E-state index contributed by atoms with van der Waals surface area (Å²) in [6.45, 7) is 17.2. The second kappa shape index (κ2) is 22.0. The number of ether oxygens (including phenoxy) is 5. The fraction of sp³-hybridized carbons (Fsp3) is 0.714. The molecule has 0 aliphatic carbocycles. The molecule has 70 heavy (non-hydrogen) atoms. The molecule has 5 fully saturated rings. The number of aliphatic hydroxyl groups is 1. The number of aliphatic hydroxyl groups excluding tert-OH is 1. The monoisotopic (exact) mass is 1090 g/mol. The molecule has 20 nitrogen and oxygen atoms in total. The Labute approximate surface area is 424 Å². The van der Waals surface area contributed by atoms with E-state index in [-0.39, 0.29) is 24.3 Å². The standard InChI is InChI=1S/C49H71IN10O10/c1-29-24-48(5,66-8)43(68-45-41(63)37(23-30(2)67-45)56(7)18-13-34-26-59(55-54-34)22-21-57-19-15-51-16-20-57)31(3)40(62)32(4)44(64)69-46(50)49(6)42-38(39(29)61)36(60(42)47(65)70-49)12-10-17-58-27-35(53-28-58)33-11-9-14-52-25-33/h9,11,14,25-32,36-38,41-43,45-46,51,63H,10,12-13,15-24H2,1-8H3/t29-,30-,31+,32-,36?,37+,38+,41-,42-,43-,45+,46+,48-,49+/m1/s1. The molecule has 0 saturated carbocycles. The lowest BCUT2D eigenvalue weighted by atomic mass is 9.66. The van der Waals surface area contributed by atoms with E-state index in [1.54, 1.807) is 44.4 Å². The van der Waals surface area contributed by atoms with Crippen molar-refractivity contribution in [1.82, 2.24) is 49.5 Å². The molecular weight excluding hydrogens is 1020 g/mol. The van der Waals surface area contributed by atoms with E-state index >= 15 is 4.79 Å². The van der Waals surface area contributed by atoms with Gasteiger partial charge in [0.05, 0.1) is 54.0 Å². The van der Waals surface area contributed by atoms with Crippen molar-refractivity contribution in [2.75, 3.05) is 53.4 Å². The Bertz CT molecular complexity index is 2300. The van der Waals surface area contributed by atoms with E-state index in [2.05, 4.69) is 35.4 Å². The van der Waals surface area contributed by atoms with Crippen LogP contribution < -0.4 is 5.32 Å². The predicted octanol–water partition coefficient (Wildman–Crippen LogP) is 3.38. The van der Waals surface area contributed by atoms with Gasteiger partial charge in [0.2, 0.25) is 0 Å². The highest BCUT2D eigenvalue weighted by molar-refractivity contribution is 14.1. The normalized spacial score (nSPS) is 35.6. The quantitative estimate of drug-likeness (QED) is 0.0965. The van der Waals surface area contributed by atoms with Crippen LogP contribution in [0.1, 0.15) is 72.9 Å². The number of aryl methyl sites for hydroxylation is 1. The Kier molecular flexibility index (Phi) is 16.5. The van der Waals surface area contributed by atoms with Gasteiger partial charge in [0.15, 0.2) is 21.8 Å². The van der Waals surface area contributed by atoms with Crippen LogP contribution in [0.5, 0.6) is 0 Å². The first-order valence-corrected chi connectivity index (χ1v) is 26.1. The molecule has 2 N–H and O–H groups in total. The molecule has 0 radical (unpaired) electrons. The number of piperazine rings is 1. The smallest absolute Gasteiger partial charge is 0.411 e. The van der Waals surface area contributed by atoms with Crippen molar-refractivity contribution in [3.8, 4) is 11.3 Å². The molecule has 0 bridgehead atoms. The van der Waals surface area contributed by atoms with E-state index in [0.717, 1.165) is 56.2 Å². The maximum atomic E-state index is 15.1. The fourth-order valence-corrected chi connectivity index (χ4v) is 12.1. The minimum absolute atomic E-state index is 0.109. The van der Waals surface area contributed by atoms with Crippen LogP contribution in [0.25, 0.3) is 11.3 Å². The largest absolute Gasteiger partial charge is 0.447 e. The van der Waals surface area contributed by atoms with E-state index in [1.165, 1.54) is 14.0 Å². The zero-order chi connectivity index (χ0) is 50.1. The third-order valence-electron chi connectivity index (χ3n) is 15.6. The number of Topliss-reactive ketones (excluding diaryl/α,β-unsaturated/α-hetero) is 2. The van der Waals surface area contributed by atoms with Crippen molar-refractivity contribution >= 4 is 46.2 Å². The van der Waals surface area contributed by atoms with Crippen LogP contribution in [0.4, 0.5) is 4.79 Å². The van der Waals surface area contributed by atoms with E-state index in [9.17, 15) is 19.5 Å². The van der Waals surface area contributed by atoms with Crippen LogP contribution in [-0.4, -0.2) is 184 Å². The highest BCUT2D eigenvalue weighted by Crippen LogP contribution is 2.53. The first-order valence-electron chi connectivity index (χ1n) is 24.8. The first kappa shape index (κ1) is 52.4. The van der Waals surface area contributed by atoms with Gasteiger partial charge in [0.1, 0.15) is 17.8 Å². The third-order valence-corrected chi connectivity index (χ3v) is 17.1. The number of rotatable bonds is 15. The highest BCUT2D eigenvalue weighted by atomic mass is 127. The Hall–Kier alpha value is -3.97. The summed E-state index contributed by atoms with van der Waals surface area (Å²) in [5, 5.41) is 24.3. The molecule has 384 valence electrons. The molecule has 5 saturated heterocycles. The maximum Gasteiger partial charge on any atom is 0.411 e. The number of pyridine rings is 1. The fourth-order valence-electron chi connectivity index (χ4n) is 11.4. The van der Waals surface area contributed by atoms with Gasteiger partial charge in [-0.15, -0.1) is 5.10 Å². The SMILES string of the molecule is CO[C@]1(C)C[C@@H](C)C(=O)[C@@H]2C(CCCn3cnc(-c4cccnc4)c3)N3C(=O)O[C@](C)([C@@H](I)OC(=O)[C@H](C)C(=O)[C@H](C)[C@H]1O[C@@H]1O[C@H](C)C[C@H](N(C)CCc4cn(CCN5CCNCC5)nn4)[C@H]1O)[C@@H]23. The second-order valence-corrected chi connectivity index (χ2v) is 21.7. The summed E-state index contributed by atoms with van der Waals surface area (Å²) in [7, 11) is 3.46. The van der Waals surface area contributed by atoms with Gasteiger partial charge in [0.25, 0.3) is 0 Å². The van der Waals surface area contributed by atoms with Crippen LogP contribution in [-0.2, 0) is 57.6 Å². The number of aromatic nitrogens is 6. The Morgan fingerprint density at radius 3 is 2.54 bits per heavy atom. The van der Waals surface area contributed by atoms with Crippen molar-refractivity contribution in [1.29, 1.82) is 0 Å². The van der Waals surface area contributed by atoms with Crippen molar-refractivity contribution < 1.29 is 48.0 Å². The lowest BCUT2D eigenvalue weighted by molar-refractivity contribution is -0.296. The van der Waals surface area contributed by atoms with E-state index in [4.69, 9.17) is 23.7 Å². The van der Waals surface area contributed by atoms with Crippen molar-refractivity contribution in [2.24, 2.45) is 23.7 Å². The number of halogens is 1. The number of cyclic esters (lactones) is 1. The Morgan fingerprint density at radius 2 is 1.81 bits per heavy atom. The Balaban J connectivity index is 0.992. The van der Waals surface area contributed by atoms with Gasteiger partial charge < -0.3 is 43.6 Å². The minimum Gasteiger partial charge on any atom is -0.447 e. The van der Waals surface area contributed by atoms with E-state index in [0.29, 0.717) is 38.8 Å².